The van der Waals surface area contributed by atoms with Gasteiger partial charge in [0.2, 0.25) is 0 Å². The lowest BCUT2D eigenvalue weighted by molar-refractivity contribution is -0.170. The Morgan fingerprint density at radius 1 is 1.29 bits per heavy atom. The van der Waals surface area contributed by atoms with Crippen LogP contribution < -0.4 is 0 Å². The lowest BCUT2D eigenvalue weighted by Crippen LogP contribution is -2.36. The Bertz CT molecular complexity index is 253. The van der Waals surface area contributed by atoms with Crippen molar-refractivity contribution < 1.29 is 10.0 Å². The van der Waals surface area contributed by atoms with E-state index in [1.807, 2.05) is 27.8 Å². The van der Waals surface area contributed by atoms with E-state index >= 15 is 0 Å². The van der Waals surface area contributed by atoms with E-state index in [0.717, 1.165) is 6.42 Å². The van der Waals surface area contributed by atoms with E-state index in [4.69, 9.17) is 10.0 Å². The fourth-order valence-electron chi connectivity index (χ4n) is 2.35. The number of hydrogen-bond acceptors (Lipinski definition) is 3. The Labute approximate surface area is 105 Å². The van der Waals surface area contributed by atoms with Gasteiger partial charge >= 0.3 is 0 Å². The van der Waals surface area contributed by atoms with Crippen molar-refractivity contribution in [3.05, 3.63) is 0 Å². The van der Waals surface area contributed by atoms with Crippen molar-refractivity contribution in [2.45, 2.75) is 64.9 Å². The second-order valence-corrected chi connectivity index (χ2v) is 5.93. The van der Waals surface area contributed by atoms with Crippen LogP contribution in [0, 0.1) is 5.92 Å². The maximum atomic E-state index is 9.09. The summed E-state index contributed by atoms with van der Waals surface area (Å²) in [6.45, 7) is 5.96. The Morgan fingerprint density at radius 3 is 2.35 bits per heavy atom. The average molecular weight is 242 g/mol. The molecule has 0 aromatic heterocycles. The standard InChI is InChI=1S/C13H26N2O2/c1-13(2,3)17-15(4)12(14-16)10-11-8-6-5-7-9-11/h11,16H,5-10H2,1-4H3/b14-12-. The van der Waals surface area contributed by atoms with Gasteiger partial charge in [0.1, 0.15) is 0 Å². The maximum absolute atomic E-state index is 9.09. The largest absolute Gasteiger partial charge is 0.409 e. The summed E-state index contributed by atoms with van der Waals surface area (Å²) in [6, 6.07) is 0. The molecule has 1 aliphatic rings. The summed E-state index contributed by atoms with van der Waals surface area (Å²) in [5, 5.41) is 14.1. The number of nitrogens with zero attached hydrogens (tertiary/aromatic N) is 2. The summed E-state index contributed by atoms with van der Waals surface area (Å²) in [6.07, 6.45) is 7.23. The van der Waals surface area contributed by atoms with E-state index in [1.165, 1.54) is 32.1 Å². The van der Waals surface area contributed by atoms with Crippen LogP contribution in [-0.4, -0.2) is 28.8 Å². The second-order valence-electron chi connectivity index (χ2n) is 5.93. The third-order valence-electron chi connectivity index (χ3n) is 3.09. The molecule has 1 saturated carbocycles. The van der Waals surface area contributed by atoms with Gasteiger partial charge in [-0.25, -0.2) is 5.06 Å². The number of hydroxylamine groups is 2. The highest BCUT2D eigenvalue weighted by Crippen LogP contribution is 2.27. The van der Waals surface area contributed by atoms with E-state index < -0.39 is 0 Å². The fraction of sp³-hybridized carbons (Fsp3) is 0.923. The summed E-state index contributed by atoms with van der Waals surface area (Å²) in [4.78, 5) is 5.67. The van der Waals surface area contributed by atoms with E-state index in [1.54, 1.807) is 5.06 Å². The molecule has 1 aliphatic carbocycles. The van der Waals surface area contributed by atoms with E-state index in [2.05, 4.69) is 5.16 Å². The molecule has 0 unspecified atom stereocenters. The predicted octanol–water partition coefficient (Wildman–Crippen LogP) is 3.41. The van der Waals surface area contributed by atoms with Crippen LogP contribution in [0.15, 0.2) is 5.16 Å². The maximum Gasteiger partial charge on any atom is 0.168 e. The Kier molecular flexibility index (Phi) is 5.25. The van der Waals surface area contributed by atoms with Crippen LogP contribution in [0.25, 0.3) is 0 Å². The number of amidine groups is 1. The van der Waals surface area contributed by atoms with Crippen LogP contribution in [-0.2, 0) is 4.84 Å². The average Bonchev–Trinajstić information content (AvgIpc) is 2.24. The Hall–Kier alpha value is -0.770. The first-order valence-electron chi connectivity index (χ1n) is 6.56. The lowest BCUT2D eigenvalue weighted by Gasteiger charge is -2.30. The minimum Gasteiger partial charge on any atom is -0.409 e. The molecular formula is C13H26N2O2. The molecule has 0 heterocycles. The van der Waals surface area contributed by atoms with E-state index in [-0.39, 0.29) is 5.60 Å². The minimum absolute atomic E-state index is 0.267. The molecule has 4 nitrogen and oxygen atoms in total. The summed E-state index contributed by atoms with van der Waals surface area (Å²) >= 11 is 0. The third-order valence-corrected chi connectivity index (χ3v) is 3.09. The zero-order chi connectivity index (χ0) is 12.9. The third kappa shape index (κ3) is 5.39. The number of oxime groups is 1. The fourth-order valence-corrected chi connectivity index (χ4v) is 2.35. The topological polar surface area (TPSA) is 45.1 Å². The van der Waals surface area contributed by atoms with Gasteiger partial charge in [-0.1, -0.05) is 37.3 Å². The second kappa shape index (κ2) is 6.24. The van der Waals surface area contributed by atoms with Gasteiger partial charge in [0.25, 0.3) is 0 Å². The predicted molar refractivity (Wildman–Crippen MR) is 69.0 cm³/mol. The van der Waals surface area contributed by atoms with Gasteiger partial charge in [0.05, 0.1) is 5.60 Å². The smallest absolute Gasteiger partial charge is 0.168 e. The first kappa shape index (κ1) is 14.3. The van der Waals surface area contributed by atoms with Crippen LogP contribution in [0.4, 0.5) is 0 Å². The van der Waals surface area contributed by atoms with Crippen LogP contribution in [0.3, 0.4) is 0 Å². The van der Waals surface area contributed by atoms with Crippen molar-refractivity contribution in [2.75, 3.05) is 7.05 Å². The van der Waals surface area contributed by atoms with Crippen molar-refractivity contribution >= 4 is 5.84 Å². The van der Waals surface area contributed by atoms with Gasteiger partial charge in [0, 0.05) is 13.5 Å². The monoisotopic (exact) mass is 242 g/mol. The molecule has 17 heavy (non-hydrogen) atoms. The number of hydrogen-bond donors (Lipinski definition) is 1. The number of rotatable bonds is 3. The van der Waals surface area contributed by atoms with Crippen molar-refractivity contribution in [3.63, 3.8) is 0 Å². The van der Waals surface area contributed by atoms with Gasteiger partial charge in [0.15, 0.2) is 5.84 Å². The van der Waals surface area contributed by atoms with Gasteiger partial charge in [-0.2, -0.15) is 0 Å². The summed E-state index contributed by atoms with van der Waals surface area (Å²) in [5.74, 6) is 1.27. The van der Waals surface area contributed by atoms with Crippen molar-refractivity contribution in [1.29, 1.82) is 0 Å². The molecular weight excluding hydrogens is 216 g/mol. The Morgan fingerprint density at radius 2 is 1.88 bits per heavy atom. The van der Waals surface area contributed by atoms with Crippen molar-refractivity contribution in [1.82, 2.24) is 5.06 Å². The molecule has 0 aromatic carbocycles. The summed E-state index contributed by atoms with van der Waals surface area (Å²) < 4.78 is 0. The molecule has 1 fully saturated rings. The van der Waals surface area contributed by atoms with Crippen molar-refractivity contribution in [3.8, 4) is 0 Å². The molecule has 0 aromatic rings. The normalized spacial score (nSPS) is 19.4. The molecule has 1 N–H and O–H groups in total. The Balaban J connectivity index is 2.47. The summed E-state index contributed by atoms with van der Waals surface area (Å²) in [5.41, 5.74) is -0.267. The molecule has 0 bridgehead atoms. The molecule has 0 amide bonds. The summed E-state index contributed by atoms with van der Waals surface area (Å²) in [7, 11) is 1.81. The van der Waals surface area contributed by atoms with E-state index in [9.17, 15) is 0 Å². The SMILES string of the molecule is CN(OC(C)(C)C)/C(CC1CCCCC1)=N\O. The zero-order valence-electron chi connectivity index (χ0n) is 11.6. The molecule has 0 aliphatic heterocycles. The first-order valence-corrected chi connectivity index (χ1v) is 6.56. The van der Waals surface area contributed by atoms with Crippen LogP contribution >= 0.6 is 0 Å². The highest BCUT2D eigenvalue weighted by molar-refractivity contribution is 5.80. The minimum atomic E-state index is -0.267. The van der Waals surface area contributed by atoms with Crippen LogP contribution in [0.2, 0.25) is 0 Å². The quantitative estimate of drug-likeness (QED) is 0.357. The molecule has 0 saturated heterocycles. The van der Waals surface area contributed by atoms with Crippen LogP contribution in [0.5, 0.6) is 0 Å². The van der Waals surface area contributed by atoms with Gasteiger partial charge in [-0.3, -0.25) is 4.84 Å². The highest BCUT2D eigenvalue weighted by atomic mass is 16.7. The lowest BCUT2D eigenvalue weighted by atomic mass is 9.87. The zero-order valence-corrected chi connectivity index (χ0v) is 11.6. The van der Waals surface area contributed by atoms with Gasteiger partial charge in [-0.05, 0) is 26.7 Å². The molecule has 0 spiro atoms. The molecule has 0 atom stereocenters. The molecule has 100 valence electrons. The van der Waals surface area contributed by atoms with Gasteiger partial charge < -0.3 is 5.21 Å². The van der Waals surface area contributed by atoms with E-state index in [0.29, 0.717) is 11.8 Å². The molecule has 1 rings (SSSR count). The first-order chi connectivity index (χ1) is 7.92. The molecule has 0 radical (unpaired) electrons. The molecule has 4 heteroatoms. The van der Waals surface area contributed by atoms with Gasteiger partial charge in [-0.15, -0.1) is 0 Å². The van der Waals surface area contributed by atoms with Crippen LogP contribution in [0.1, 0.15) is 59.3 Å². The van der Waals surface area contributed by atoms with Crippen molar-refractivity contribution in [2.24, 2.45) is 11.1 Å². The highest BCUT2D eigenvalue weighted by Gasteiger charge is 2.22.